The number of carbonyl (C=O) groups excluding carboxylic acids is 1. The van der Waals surface area contributed by atoms with Gasteiger partial charge in [0.05, 0.1) is 17.3 Å². The summed E-state index contributed by atoms with van der Waals surface area (Å²) in [6, 6.07) is 5.43. The fourth-order valence-corrected chi connectivity index (χ4v) is 2.44. The van der Waals surface area contributed by atoms with Gasteiger partial charge in [-0.1, -0.05) is 47.8 Å². The first-order valence-corrected chi connectivity index (χ1v) is 7.71. The Morgan fingerprint density at radius 3 is 2.74 bits per heavy atom. The molecule has 0 spiro atoms. The van der Waals surface area contributed by atoms with Crippen LogP contribution >= 0.6 is 27.5 Å². The molecule has 1 aromatic rings. The Balaban J connectivity index is 2.54. The monoisotopic (exact) mass is 346 g/mol. The van der Waals surface area contributed by atoms with E-state index in [1.807, 2.05) is 6.07 Å². The number of unbranched alkanes of at least 4 members (excludes halogenated alkanes) is 1. The van der Waals surface area contributed by atoms with E-state index in [2.05, 4.69) is 40.0 Å². The SMILES string of the molecule is CCCCN(CC)CC(=O)Nc1ccc(Br)cc1Cl. The van der Waals surface area contributed by atoms with Crippen LogP contribution in [0.4, 0.5) is 5.69 Å². The van der Waals surface area contributed by atoms with Crippen molar-refractivity contribution in [3.8, 4) is 0 Å². The Bertz CT molecular complexity index is 426. The summed E-state index contributed by atoms with van der Waals surface area (Å²) < 4.78 is 0.897. The zero-order valence-corrected chi connectivity index (χ0v) is 13.7. The average Bonchev–Trinajstić information content (AvgIpc) is 2.38. The van der Waals surface area contributed by atoms with Crippen molar-refractivity contribution in [2.24, 2.45) is 0 Å². The van der Waals surface area contributed by atoms with E-state index in [1.54, 1.807) is 12.1 Å². The van der Waals surface area contributed by atoms with Crippen LogP contribution in [0.25, 0.3) is 0 Å². The molecule has 0 aliphatic heterocycles. The first-order chi connectivity index (χ1) is 9.06. The van der Waals surface area contributed by atoms with Crippen LogP contribution < -0.4 is 5.32 Å². The minimum atomic E-state index is -0.0258. The number of rotatable bonds is 7. The number of likely N-dealkylation sites (N-methyl/N-ethyl adjacent to an activating group) is 1. The fraction of sp³-hybridized carbons (Fsp3) is 0.500. The number of nitrogens with one attached hydrogen (secondary N) is 1. The molecule has 0 atom stereocenters. The topological polar surface area (TPSA) is 32.3 Å². The molecule has 1 rings (SSSR count). The van der Waals surface area contributed by atoms with Crippen LogP contribution in [0, 0.1) is 0 Å². The number of carbonyl (C=O) groups is 1. The maximum atomic E-state index is 12.0. The van der Waals surface area contributed by atoms with Crippen molar-refractivity contribution in [2.75, 3.05) is 25.0 Å². The van der Waals surface area contributed by atoms with Gasteiger partial charge in [-0.2, -0.15) is 0 Å². The predicted octanol–water partition coefficient (Wildman–Crippen LogP) is 4.16. The van der Waals surface area contributed by atoms with Gasteiger partial charge in [-0.15, -0.1) is 0 Å². The van der Waals surface area contributed by atoms with Crippen LogP contribution in [0.1, 0.15) is 26.7 Å². The number of halogens is 2. The summed E-state index contributed by atoms with van der Waals surface area (Å²) in [5.41, 5.74) is 0.654. The normalized spacial score (nSPS) is 10.8. The summed E-state index contributed by atoms with van der Waals surface area (Å²) in [5.74, 6) is -0.0258. The van der Waals surface area contributed by atoms with Crippen LogP contribution in [0.15, 0.2) is 22.7 Å². The fourth-order valence-electron chi connectivity index (χ4n) is 1.71. The quantitative estimate of drug-likeness (QED) is 0.803. The second-order valence-corrected chi connectivity index (χ2v) is 5.72. The second-order valence-electron chi connectivity index (χ2n) is 4.39. The summed E-state index contributed by atoms with van der Waals surface area (Å²) in [5, 5.41) is 3.39. The minimum absolute atomic E-state index is 0.0258. The molecule has 0 saturated heterocycles. The lowest BCUT2D eigenvalue weighted by Gasteiger charge is -2.19. The minimum Gasteiger partial charge on any atom is -0.324 e. The molecule has 106 valence electrons. The van der Waals surface area contributed by atoms with Gasteiger partial charge in [0.2, 0.25) is 5.91 Å². The number of nitrogens with zero attached hydrogens (tertiary/aromatic N) is 1. The van der Waals surface area contributed by atoms with E-state index in [4.69, 9.17) is 11.6 Å². The molecule has 0 bridgehead atoms. The molecule has 3 nitrogen and oxygen atoms in total. The highest BCUT2D eigenvalue weighted by molar-refractivity contribution is 9.10. The Morgan fingerprint density at radius 2 is 2.16 bits per heavy atom. The molecule has 0 unspecified atom stereocenters. The van der Waals surface area contributed by atoms with E-state index < -0.39 is 0 Å². The van der Waals surface area contributed by atoms with E-state index in [1.165, 1.54) is 0 Å². The molecule has 19 heavy (non-hydrogen) atoms. The number of anilines is 1. The number of hydrogen-bond donors (Lipinski definition) is 1. The van der Waals surface area contributed by atoms with Crippen molar-refractivity contribution in [1.82, 2.24) is 4.90 Å². The molecule has 0 aromatic heterocycles. The highest BCUT2D eigenvalue weighted by atomic mass is 79.9. The van der Waals surface area contributed by atoms with Crippen molar-refractivity contribution in [1.29, 1.82) is 0 Å². The molecule has 0 aliphatic rings. The van der Waals surface area contributed by atoms with Crippen LogP contribution in [0.2, 0.25) is 5.02 Å². The molecule has 1 aromatic carbocycles. The summed E-state index contributed by atoms with van der Waals surface area (Å²) in [6.45, 7) is 6.45. The molecular formula is C14H20BrClN2O. The first kappa shape index (κ1) is 16.5. The Morgan fingerprint density at radius 1 is 1.42 bits per heavy atom. The third-order valence-electron chi connectivity index (χ3n) is 2.85. The molecule has 5 heteroatoms. The van der Waals surface area contributed by atoms with Crippen molar-refractivity contribution in [2.45, 2.75) is 26.7 Å². The number of benzene rings is 1. The van der Waals surface area contributed by atoms with Crippen molar-refractivity contribution in [3.63, 3.8) is 0 Å². The van der Waals surface area contributed by atoms with Crippen LogP contribution in [-0.4, -0.2) is 30.4 Å². The van der Waals surface area contributed by atoms with Gasteiger partial charge in [-0.3, -0.25) is 9.69 Å². The van der Waals surface area contributed by atoms with Crippen LogP contribution in [0.3, 0.4) is 0 Å². The van der Waals surface area contributed by atoms with Gasteiger partial charge in [0.15, 0.2) is 0 Å². The lowest BCUT2D eigenvalue weighted by molar-refractivity contribution is -0.117. The zero-order valence-electron chi connectivity index (χ0n) is 11.4. The van der Waals surface area contributed by atoms with Gasteiger partial charge in [0, 0.05) is 4.47 Å². The molecule has 0 aliphatic carbocycles. The zero-order chi connectivity index (χ0) is 14.3. The van der Waals surface area contributed by atoms with Gasteiger partial charge in [-0.05, 0) is 37.7 Å². The van der Waals surface area contributed by atoms with Gasteiger partial charge in [0.1, 0.15) is 0 Å². The largest absolute Gasteiger partial charge is 0.324 e. The number of hydrogen-bond acceptors (Lipinski definition) is 2. The summed E-state index contributed by atoms with van der Waals surface area (Å²) in [6.07, 6.45) is 2.25. The standard InChI is InChI=1S/C14H20BrClN2O/c1-3-5-8-18(4-2)10-14(19)17-13-7-6-11(15)9-12(13)16/h6-7,9H,3-5,8,10H2,1-2H3,(H,17,19). The third-order valence-corrected chi connectivity index (χ3v) is 3.65. The lowest BCUT2D eigenvalue weighted by atomic mass is 10.3. The van der Waals surface area contributed by atoms with Gasteiger partial charge >= 0.3 is 0 Å². The third kappa shape index (κ3) is 5.93. The van der Waals surface area contributed by atoms with E-state index in [-0.39, 0.29) is 5.91 Å². The second kappa shape index (κ2) is 8.56. The van der Waals surface area contributed by atoms with E-state index in [0.29, 0.717) is 17.3 Å². The van der Waals surface area contributed by atoms with Gasteiger partial charge in [0.25, 0.3) is 0 Å². The van der Waals surface area contributed by atoms with Crippen LogP contribution in [-0.2, 0) is 4.79 Å². The van der Waals surface area contributed by atoms with E-state index in [9.17, 15) is 4.79 Å². The Hall–Kier alpha value is -0.580. The van der Waals surface area contributed by atoms with Crippen molar-refractivity contribution in [3.05, 3.63) is 27.7 Å². The summed E-state index contributed by atoms with van der Waals surface area (Å²) in [4.78, 5) is 14.1. The molecular weight excluding hydrogens is 328 g/mol. The average molecular weight is 348 g/mol. The van der Waals surface area contributed by atoms with Crippen molar-refractivity contribution < 1.29 is 4.79 Å². The first-order valence-electron chi connectivity index (χ1n) is 6.54. The predicted molar refractivity (Wildman–Crippen MR) is 84.8 cm³/mol. The van der Waals surface area contributed by atoms with Crippen molar-refractivity contribution >= 4 is 39.1 Å². The molecule has 0 radical (unpaired) electrons. The molecule has 0 fully saturated rings. The summed E-state index contributed by atoms with van der Waals surface area (Å²) in [7, 11) is 0. The molecule has 0 saturated carbocycles. The smallest absolute Gasteiger partial charge is 0.238 e. The number of amides is 1. The van der Waals surface area contributed by atoms with Crippen LogP contribution in [0.5, 0.6) is 0 Å². The maximum Gasteiger partial charge on any atom is 0.238 e. The highest BCUT2D eigenvalue weighted by Crippen LogP contribution is 2.25. The Kier molecular flexibility index (Phi) is 7.42. The molecule has 1 N–H and O–H groups in total. The Labute approximate surface area is 128 Å². The van der Waals surface area contributed by atoms with Gasteiger partial charge < -0.3 is 5.32 Å². The van der Waals surface area contributed by atoms with Gasteiger partial charge in [-0.25, -0.2) is 0 Å². The van der Waals surface area contributed by atoms with E-state index in [0.717, 1.165) is 30.4 Å². The highest BCUT2D eigenvalue weighted by Gasteiger charge is 2.10. The summed E-state index contributed by atoms with van der Waals surface area (Å²) >= 11 is 9.41. The maximum absolute atomic E-state index is 12.0. The molecule has 0 heterocycles. The lowest BCUT2D eigenvalue weighted by Crippen LogP contribution is -2.33. The van der Waals surface area contributed by atoms with E-state index >= 15 is 0 Å². The molecule has 1 amide bonds.